The van der Waals surface area contributed by atoms with E-state index in [4.69, 9.17) is 5.73 Å². The lowest BCUT2D eigenvalue weighted by molar-refractivity contribution is -0.126. The Balaban J connectivity index is 2.65. The van der Waals surface area contributed by atoms with Crippen LogP contribution in [0.1, 0.15) is 6.42 Å². The lowest BCUT2D eigenvalue weighted by atomic mass is 10.3. The Morgan fingerprint density at radius 1 is 1.89 bits per heavy atom. The van der Waals surface area contributed by atoms with Gasteiger partial charge in [0.25, 0.3) is 0 Å². The van der Waals surface area contributed by atoms with E-state index in [0.29, 0.717) is 13.0 Å². The molecule has 52 valence electrons. The SMILES string of the molecule is CN1CC(N)(P)CC1=O. The normalized spacial score (nSPS) is 35.9. The number of nitrogens with zero attached hydrogens (tertiary/aromatic N) is 1. The molecule has 4 heteroatoms. The lowest BCUT2D eigenvalue weighted by Gasteiger charge is -2.14. The van der Waals surface area contributed by atoms with Crippen molar-refractivity contribution in [1.82, 2.24) is 4.90 Å². The van der Waals surface area contributed by atoms with Crippen molar-refractivity contribution in [3.05, 3.63) is 0 Å². The van der Waals surface area contributed by atoms with Gasteiger partial charge in [0.15, 0.2) is 0 Å². The second-order valence-corrected chi connectivity index (χ2v) is 3.81. The molecule has 1 amide bonds. The van der Waals surface area contributed by atoms with E-state index in [9.17, 15) is 4.79 Å². The summed E-state index contributed by atoms with van der Waals surface area (Å²) >= 11 is 0. The maximum absolute atomic E-state index is 10.8. The molecule has 1 aliphatic rings. The molecule has 0 aliphatic carbocycles. The minimum Gasteiger partial charge on any atom is -0.343 e. The first-order valence-corrected chi connectivity index (χ1v) is 3.41. The largest absolute Gasteiger partial charge is 0.343 e. The van der Waals surface area contributed by atoms with Crippen LogP contribution in [0.3, 0.4) is 0 Å². The fraction of sp³-hybridized carbons (Fsp3) is 0.800. The number of rotatable bonds is 0. The number of carbonyl (C=O) groups is 1. The van der Waals surface area contributed by atoms with Gasteiger partial charge in [0.2, 0.25) is 5.91 Å². The number of hydrogen-bond acceptors (Lipinski definition) is 2. The number of likely N-dealkylation sites (N-methyl/N-ethyl adjacent to an activating group) is 1. The number of carbonyl (C=O) groups excluding carboxylic acids is 1. The van der Waals surface area contributed by atoms with Crippen molar-refractivity contribution in [3.8, 4) is 0 Å². The van der Waals surface area contributed by atoms with Crippen molar-refractivity contribution in [1.29, 1.82) is 0 Å². The van der Waals surface area contributed by atoms with E-state index in [1.807, 2.05) is 0 Å². The predicted molar refractivity (Wildman–Crippen MR) is 38.9 cm³/mol. The van der Waals surface area contributed by atoms with Gasteiger partial charge in [0, 0.05) is 20.0 Å². The van der Waals surface area contributed by atoms with Crippen molar-refractivity contribution in [2.45, 2.75) is 11.7 Å². The summed E-state index contributed by atoms with van der Waals surface area (Å²) in [5.74, 6) is 0.132. The first kappa shape index (κ1) is 6.97. The van der Waals surface area contributed by atoms with Crippen LogP contribution in [-0.2, 0) is 4.79 Å². The van der Waals surface area contributed by atoms with Gasteiger partial charge in [0.05, 0.1) is 5.28 Å². The van der Waals surface area contributed by atoms with Crippen LogP contribution in [0.2, 0.25) is 0 Å². The van der Waals surface area contributed by atoms with Crippen LogP contribution >= 0.6 is 9.24 Å². The molecule has 1 heterocycles. The summed E-state index contributed by atoms with van der Waals surface area (Å²) in [7, 11) is 4.26. The molecule has 1 fully saturated rings. The molecule has 2 atom stereocenters. The van der Waals surface area contributed by atoms with Crippen LogP contribution < -0.4 is 5.73 Å². The zero-order valence-corrected chi connectivity index (χ0v) is 6.58. The molecule has 1 rings (SSSR count). The average Bonchev–Trinajstić information content (AvgIpc) is 1.79. The zero-order valence-electron chi connectivity index (χ0n) is 5.42. The van der Waals surface area contributed by atoms with Gasteiger partial charge in [0.1, 0.15) is 0 Å². The van der Waals surface area contributed by atoms with Crippen molar-refractivity contribution in [2.24, 2.45) is 5.73 Å². The number of hydrogen-bond donors (Lipinski definition) is 1. The van der Waals surface area contributed by atoms with Gasteiger partial charge in [-0.3, -0.25) is 4.79 Å². The van der Waals surface area contributed by atoms with Gasteiger partial charge in [-0.15, -0.1) is 9.24 Å². The van der Waals surface area contributed by atoms with E-state index in [1.54, 1.807) is 11.9 Å². The molecular formula is C5H11N2OP. The standard InChI is InChI=1S/C5H11N2OP/c1-7-3-5(6,9)2-4(7)8/h2-3,6,9H2,1H3. The van der Waals surface area contributed by atoms with Crippen LogP contribution in [0.15, 0.2) is 0 Å². The van der Waals surface area contributed by atoms with E-state index in [0.717, 1.165) is 0 Å². The summed E-state index contributed by atoms with van der Waals surface area (Å²) in [5.41, 5.74) is 5.66. The van der Waals surface area contributed by atoms with Crippen molar-refractivity contribution >= 4 is 15.1 Å². The van der Waals surface area contributed by atoms with Gasteiger partial charge in [-0.2, -0.15) is 0 Å². The van der Waals surface area contributed by atoms with Crippen molar-refractivity contribution in [3.63, 3.8) is 0 Å². The van der Waals surface area contributed by atoms with Gasteiger partial charge >= 0.3 is 0 Å². The third kappa shape index (κ3) is 1.41. The third-order valence-electron chi connectivity index (χ3n) is 1.44. The van der Waals surface area contributed by atoms with E-state index < -0.39 is 0 Å². The maximum Gasteiger partial charge on any atom is 0.224 e. The zero-order chi connectivity index (χ0) is 7.07. The highest BCUT2D eigenvalue weighted by Crippen LogP contribution is 2.24. The highest BCUT2D eigenvalue weighted by molar-refractivity contribution is 7.19. The Kier molecular flexibility index (Phi) is 1.49. The molecule has 0 aromatic heterocycles. The monoisotopic (exact) mass is 146 g/mol. The molecule has 0 saturated carbocycles. The molecule has 9 heavy (non-hydrogen) atoms. The fourth-order valence-corrected chi connectivity index (χ4v) is 1.45. The van der Waals surface area contributed by atoms with E-state index >= 15 is 0 Å². The van der Waals surface area contributed by atoms with Crippen LogP contribution in [-0.4, -0.2) is 29.7 Å². The third-order valence-corrected chi connectivity index (χ3v) is 1.82. The lowest BCUT2D eigenvalue weighted by Crippen LogP contribution is -2.34. The molecular weight excluding hydrogens is 135 g/mol. The smallest absolute Gasteiger partial charge is 0.224 e. The Morgan fingerprint density at radius 2 is 2.44 bits per heavy atom. The Labute approximate surface area is 56.8 Å². The molecule has 2 unspecified atom stereocenters. The van der Waals surface area contributed by atoms with Crippen molar-refractivity contribution in [2.75, 3.05) is 13.6 Å². The van der Waals surface area contributed by atoms with E-state index in [-0.39, 0.29) is 11.2 Å². The first-order valence-electron chi connectivity index (χ1n) is 2.83. The Hall–Kier alpha value is -0.140. The van der Waals surface area contributed by atoms with Gasteiger partial charge in [-0.1, -0.05) is 0 Å². The number of likely N-dealkylation sites (tertiary alicyclic amines) is 1. The van der Waals surface area contributed by atoms with Gasteiger partial charge in [-0.25, -0.2) is 0 Å². The minimum absolute atomic E-state index is 0.132. The summed E-state index contributed by atoms with van der Waals surface area (Å²) in [4.78, 5) is 12.5. The van der Waals surface area contributed by atoms with Crippen molar-refractivity contribution < 1.29 is 4.79 Å². The van der Waals surface area contributed by atoms with Crippen LogP contribution in [0, 0.1) is 0 Å². The molecule has 1 aliphatic heterocycles. The quantitative estimate of drug-likeness (QED) is 0.463. The highest BCUT2D eigenvalue weighted by atomic mass is 31.0. The fourth-order valence-electron chi connectivity index (χ4n) is 1.00. The number of amides is 1. The van der Waals surface area contributed by atoms with Crippen LogP contribution in [0.25, 0.3) is 0 Å². The molecule has 1 saturated heterocycles. The Bertz CT molecular complexity index is 146. The molecule has 0 aromatic rings. The van der Waals surface area contributed by atoms with E-state index in [2.05, 4.69) is 9.24 Å². The Morgan fingerprint density at radius 3 is 2.56 bits per heavy atom. The van der Waals surface area contributed by atoms with Gasteiger partial charge < -0.3 is 10.6 Å². The second-order valence-electron chi connectivity index (χ2n) is 2.66. The second kappa shape index (κ2) is 1.93. The molecule has 3 nitrogen and oxygen atoms in total. The topological polar surface area (TPSA) is 46.3 Å². The summed E-state index contributed by atoms with van der Waals surface area (Å²) in [6, 6.07) is 0. The molecule has 0 spiro atoms. The van der Waals surface area contributed by atoms with Crippen LogP contribution in [0.5, 0.6) is 0 Å². The number of nitrogens with two attached hydrogens (primary N) is 1. The first-order chi connectivity index (χ1) is 4.01. The predicted octanol–water partition coefficient (Wildman–Crippen LogP) is -0.621. The molecule has 2 N–H and O–H groups in total. The average molecular weight is 146 g/mol. The molecule has 0 bridgehead atoms. The van der Waals surface area contributed by atoms with E-state index in [1.165, 1.54) is 0 Å². The molecule has 0 aromatic carbocycles. The van der Waals surface area contributed by atoms with Gasteiger partial charge in [-0.05, 0) is 0 Å². The highest BCUT2D eigenvalue weighted by Gasteiger charge is 2.33. The maximum atomic E-state index is 10.8. The summed E-state index contributed by atoms with van der Waals surface area (Å²) in [5, 5.41) is -0.369. The van der Waals surface area contributed by atoms with Crippen LogP contribution in [0.4, 0.5) is 0 Å². The minimum atomic E-state index is -0.369. The summed E-state index contributed by atoms with van der Waals surface area (Å²) < 4.78 is 0. The molecule has 0 radical (unpaired) electrons. The summed E-state index contributed by atoms with van der Waals surface area (Å²) in [6.07, 6.45) is 0.453. The summed E-state index contributed by atoms with van der Waals surface area (Å²) in [6.45, 7) is 0.649.